The zero-order valence-corrected chi connectivity index (χ0v) is 17.8. The summed E-state index contributed by atoms with van der Waals surface area (Å²) in [4.78, 5) is 12.2. The Kier molecular flexibility index (Phi) is 4.66. The Morgan fingerprint density at radius 3 is 2.50 bits per heavy atom. The quantitative estimate of drug-likeness (QED) is 0.542. The minimum Gasteiger partial charge on any atom is -0.364 e. The molecular weight excluding hydrogens is 380 g/mol. The third-order valence-electron chi connectivity index (χ3n) is 8.91. The highest BCUT2D eigenvalue weighted by atomic mass is 32.3. The van der Waals surface area contributed by atoms with Crippen molar-refractivity contribution >= 4 is 16.2 Å². The molecule has 0 amide bonds. The van der Waals surface area contributed by atoms with Crippen LogP contribution >= 0.6 is 0 Å². The van der Waals surface area contributed by atoms with Crippen molar-refractivity contribution in [2.45, 2.75) is 77.9 Å². The van der Waals surface area contributed by atoms with Crippen LogP contribution in [0.1, 0.15) is 72.1 Å². The Morgan fingerprint density at radius 1 is 1.14 bits per heavy atom. The van der Waals surface area contributed by atoms with Gasteiger partial charge >= 0.3 is 10.4 Å². The summed E-state index contributed by atoms with van der Waals surface area (Å²) in [6.07, 6.45) is 8.30. The first-order chi connectivity index (χ1) is 12.9. The van der Waals surface area contributed by atoms with Crippen LogP contribution in [0.2, 0.25) is 0 Å². The van der Waals surface area contributed by atoms with E-state index in [9.17, 15) is 18.3 Å². The van der Waals surface area contributed by atoms with Crippen molar-refractivity contribution in [1.29, 1.82) is 0 Å². The number of Topliss-reactive ketones (excluding diaryl/α,β-unsaturated/α-hetero) is 1. The van der Waals surface area contributed by atoms with E-state index in [1.807, 2.05) is 0 Å². The number of aliphatic hydroxyl groups is 1. The monoisotopic (exact) mass is 412 g/mol. The van der Waals surface area contributed by atoms with Gasteiger partial charge in [-0.2, -0.15) is 8.42 Å². The predicted molar refractivity (Wildman–Crippen MR) is 103 cm³/mol. The summed E-state index contributed by atoms with van der Waals surface area (Å²) in [6.45, 7) is 6.24. The molecule has 3 saturated carbocycles. The molecule has 4 aliphatic rings. The van der Waals surface area contributed by atoms with Crippen LogP contribution < -0.4 is 0 Å². The maximum atomic E-state index is 12.2. The Labute approximate surface area is 167 Å². The summed E-state index contributed by atoms with van der Waals surface area (Å²) >= 11 is 0. The second-order valence-corrected chi connectivity index (χ2v) is 11.2. The molecule has 0 spiro atoms. The Balaban J connectivity index is 1.56. The average molecular weight is 413 g/mol. The number of hydrogen-bond acceptors (Lipinski definition) is 5. The van der Waals surface area contributed by atoms with Gasteiger partial charge < -0.3 is 5.11 Å². The molecule has 28 heavy (non-hydrogen) atoms. The lowest BCUT2D eigenvalue weighted by molar-refractivity contribution is -0.217. The van der Waals surface area contributed by atoms with E-state index in [0.29, 0.717) is 24.2 Å². The first kappa shape index (κ1) is 20.5. The average Bonchev–Trinajstić information content (AvgIpc) is 2.91. The third kappa shape index (κ3) is 3.09. The van der Waals surface area contributed by atoms with E-state index >= 15 is 0 Å². The molecule has 0 aromatic rings. The first-order valence-corrected chi connectivity index (χ1v) is 11.9. The molecule has 6 nitrogen and oxygen atoms in total. The van der Waals surface area contributed by atoms with Gasteiger partial charge in [-0.05, 0) is 85.5 Å². The van der Waals surface area contributed by atoms with Gasteiger partial charge in [-0.25, -0.2) is 4.18 Å². The van der Waals surface area contributed by atoms with Gasteiger partial charge in [0.2, 0.25) is 0 Å². The normalized spacial score (nSPS) is 48.2. The third-order valence-corrected chi connectivity index (χ3v) is 9.43. The van der Waals surface area contributed by atoms with Crippen LogP contribution in [-0.4, -0.2) is 29.6 Å². The van der Waals surface area contributed by atoms with Crippen molar-refractivity contribution in [2.75, 3.05) is 0 Å². The molecule has 4 aliphatic carbocycles. The van der Waals surface area contributed by atoms with Crippen LogP contribution in [0.3, 0.4) is 0 Å². The van der Waals surface area contributed by atoms with Crippen LogP contribution in [0.25, 0.3) is 0 Å². The Morgan fingerprint density at radius 2 is 1.86 bits per heavy atom. The van der Waals surface area contributed by atoms with Crippen LogP contribution in [-0.2, 0) is 19.4 Å². The number of fused-ring (bicyclic) bond motifs is 5. The van der Waals surface area contributed by atoms with Gasteiger partial charge in [0.05, 0.1) is 0 Å². The molecule has 0 heterocycles. The molecule has 0 unspecified atom stereocenters. The van der Waals surface area contributed by atoms with Crippen molar-refractivity contribution < 1.29 is 27.1 Å². The van der Waals surface area contributed by atoms with Gasteiger partial charge in [-0.3, -0.25) is 9.35 Å². The van der Waals surface area contributed by atoms with Crippen molar-refractivity contribution in [1.82, 2.24) is 0 Å². The van der Waals surface area contributed by atoms with Crippen molar-refractivity contribution in [3.63, 3.8) is 0 Å². The second-order valence-electron chi connectivity index (χ2n) is 10.2. The fourth-order valence-electron chi connectivity index (χ4n) is 7.60. The van der Waals surface area contributed by atoms with Crippen molar-refractivity contribution in [2.24, 2.45) is 34.5 Å². The highest BCUT2D eigenvalue weighted by Gasteiger charge is 2.60. The molecule has 158 valence electrons. The SMILES string of the molecule is CC(=O)C1=CC[C@H]2[C@@H]3CC[C@H]4C[C@](O)(OS(=O)(=O)O)CC[C@]4(C)[C@H]3CC[C@]12C. The molecule has 0 saturated heterocycles. The lowest BCUT2D eigenvalue weighted by Crippen LogP contribution is -2.56. The van der Waals surface area contributed by atoms with E-state index in [1.165, 1.54) is 0 Å². The van der Waals surface area contributed by atoms with Gasteiger partial charge in [-0.15, -0.1) is 0 Å². The number of ketones is 1. The minimum absolute atomic E-state index is 0.0142. The summed E-state index contributed by atoms with van der Waals surface area (Å²) in [6, 6.07) is 0. The second kappa shape index (κ2) is 6.37. The molecule has 0 radical (unpaired) electrons. The molecule has 2 N–H and O–H groups in total. The largest absolute Gasteiger partial charge is 0.400 e. The minimum atomic E-state index is -4.69. The molecule has 0 bridgehead atoms. The van der Waals surface area contributed by atoms with E-state index in [2.05, 4.69) is 24.1 Å². The predicted octanol–water partition coefficient (Wildman–Crippen LogP) is 3.66. The lowest BCUT2D eigenvalue weighted by atomic mass is 9.44. The number of carbonyl (C=O) groups is 1. The summed E-state index contributed by atoms with van der Waals surface area (Å²) in [5.74, 6) is 0.136. The van der Waals surface area contributed by atoms with Gasteiger partial charge in [-0.1, -0.05) is 19.9 Å². The number of allylic oxidation sites excluding steroid dienone is 2. The molecule has 7 heteroatoms. The zero-order chi connectivity index (χ0) is 20.5. The van der Waals surface area contributed by atoms with E-state index < -0.39 is 16.2 Å². The topological polar surface area (TPSA) is 101 Å². The van der Waals surface area contributed by atoms with E-state index in [-0.39, 0.29) is 35.4 Å². The molecule has 7 atom stereocenters. The van der Waals surface area contributed by atoms with Gasteiger partial charge in [0, 0.05) is 12.8 Å². The number of carbonyl (C=O) groups excluding carboxylic acids is 1. The van der Waals surface area contributed by atoms with E-state index in [0.717, 1.165) is 37.7 Å². The van der Waals surface area contributed by atoms with E-state index in [4.69, 9.17) is 4.55 Å². The summed E-state index contributed by atoms with van der Waals surface area (Å²) < 4.78 is 36.0. The molecule has 0 aromatic carbocycles. The van der Waals surface area contributed by atoms with Gasteiger partial charge in [0.1, 0.15) is 0 Å². The molecular formula is C21H32O6S. The van der Waals surface area contributed by atoms with Gasteiger partial charge in [0.15, 0.2) is 11.6 Å². The van der Waals surface area contributed by atoms with Gasteiger partial charge in [0.25, 0.3) is 0 Å². The number of hydrogen-bond donors (Lipinski definition) is 2. The highest BCUT2D eigenvalue weighted by molar-refractivity contribution is 7.80. The smallest absolute Gasteiger partial charge is 0.364 e. The summed E-state index contributed by atoms with van der Waals surface area (Å²) in [7, 11) is -4.69. The maximum absolute atomic E-state index is 12.2. The first-order valence-electron chi connectivity index (χ1n) is 10.5. The standard InChI is InChI=1S/C21H32O6S/c1-13(22)16-6-7-17-15-5-4-14-12-21(23,27-28(24,25)26)11-10-19(14,2)18(15)8-9-20(16,17)3/h6,14-15,17-18,23H,4-5,7-12H2,1-3H3,(H,24,25,26)/t14-,15-,17-,18-,19-,20+,21+/m0/s1. The van der Waals surface area contributed by atoms with Crippen molar-refractivity contribution in [3.8, 4) is 0 Å². The fraction of sp³-hybridized carbons (Fsp3) is 0.857. The van der Waals surface area contributed by atoms with Crippen molar-refractivity contribution in [3.05, 3.63) is 11.6 Å². The van der Waals surface area contributed by atoms with E-state index in [1.54, 1.807) is 6.92 Å². The molecule has 3 fully saturated rings. The fourth-order valence-corrected chi connectivity index (χ4v) is 8.14. The molecule has 0 aromatic heterocycles. The molecule has 4 rings (SSSR count). The zero-order valence-electron chi connectivity index (χ0n) is 17.0. The van der Waals surface area contributed by atoms with Crippen LogP contribution in [0.15, 0.2) is 11.6 Å². The Bertz CT molecular complexity index is 819. The highest BCUT2D eigenvalue weighted by Crippen LogP contribution is 2.67. The van der Waals surface area contributed by atoms with Crippen LogP contribution in [0.5, 0.6) is 0 Å². The number of rotatable bonds is 3. The summed E-state index contributed by atoms with van der Waals surface area (Å²) in [5, 5.41) is 10.6. The van der Waals surface area contributed by atoms with Crippen LogP contribution in [0.4, 0.5) is 0 Å². The summed E-state index contributed by atoms with van der Waals surface area (Å²) in [5.41, 5.74) is 1.03. The maximum Gasteiger partial charge on any atom is 0.400 e. The lowest BCUT2D eigenvalue weighted by Gasteiger charge is -2.61. The Hall–Kier alpha value is -0.760. The molecule has 0 aliphatic heterocycles. The van der Waals surface area contributed by atoms with Crippen LogP contribution in [0, 0.1) is 34.5 Å².